The molecular weight excluding hydrogens is 270 g/mol. The first-order valence-electron chi connectivity index (χ1n) is 7.06. The highest BCUT2D eigenvalue weighted by Crippen LogP contribution is 2.32. The molecule has 1 atom stereocenters. The normalized spacial score (nSPS) is 13.6. The molecule has 0 fully saturated rings. The van der Waals surface area contributed by atoms with E-state index in [4.69, 9.17) is 4.74 Å². The molecule has 0 heterocycles. The highest BCUT2D eigenvalue weighted by molar-refractivity contribution is 5.95. The molecule has 0 spiro atoms. The van der Waals surface area contributed by atoms with Crippen molar-refractivity contribution in [2.75, 3.05) is 11.9 Å². The minimum Gasteiger partial charge on any atom is -0.492 e. The number of para-hydroxylation sites is 2. The van der Waals surface area contributed by atoms with Gasteiger partial charge in [0, 0.05) is 6.42 Å². The average Bonchev–Trinajstić information content (AvgIpc) is 2.40. The summed E-state index contributed by atoms with van der Waals surface area (Å²) in [6.07, 6.45) is -0.0829. The van der Waals surface area contributed by atoms with Gasteiger partial charge < -0.3 is 15.2 Å². The van der Waals surface area contributed by atoms with Crippen LogP contribution in [0.25, 0.3) is 0 Å². The van der Waals surface area contributed by atoms with Gasteiger partial charge in [0.1, 0.15) is 5.75 Å². The Hall–Kier alpha value is -2.04. The number of hydrogen-bond acceptors (Lipinski definition) is 3. The molecule has 0 bridgehead atoms. The fraction of sp³-hybridized carbons (Fsp3) is 0.500. The van der Waals surface area contributed by atoms with Crippen LogP contribution in [0.2, 0.25) is 0 Å². The second-order valence-corrected chi connectivity index (χ2v) is 5.53. The van der Waals surface area contributed by atoms with Crippen molar-refractivity contribution >= 4 is 17.6 Å². The van der Waals surface area contributed by atoms with Gasteiger partial charge in [-0.2, -0.15) is 0 Å². The third-order valence-corrected chi connectivity index (χ3v) is 3.75. The average molecular weight is 293 g/mol. The van der Waals surface area contributed by atoms with E-state index in [1.54, 1.807) is 39.0 Å². The summed E-state index contributed by atoms with van der Waals surface area (Å²) in [5.74, 6) is -0.871. The molecular formula is C16H23NO4. The summed E-state index contributed by atoms with van der Waals surface area (Å²) in [5.41, 5.74) is -0.536. The molecule has 5 nitrogen and oxygen atoms in total. The first-order chi connectivity index (χ1) is 9.81. The van der Waals surface area contributed by atoms with Gasteiger partial charge in [-0.15, -0.1) is 0 Å². The maximum absolute atomic E-state index is 12.2. The monoisotopic (exact) mass is 293 g/mol. The van der Waals surface area contributed by atoms with Gasteiger partial charge >= 0.3 is 5.97 Å². The van der Waals surface area contributed by atoms with E-state index in [-0.39, 0.29) is 18.2 Å². The predicted octanol–water partition coefficient (Wildman–Crippen LogP) is 3.16. The topological polar surface area (TPSA) is 75.6 Å². The van der Waals surface area contributed by atoms with Crippen LogP contribution in [0.1, 0.15) is 34.1 Å². The lowest BCUT2D eigenvalue weighted by molar-refractivity contribution is -0.153. The van der Waals surface area contributed by atoms with Crippen LogP contribution in [0.15, 0.2) is 24.3 Å². The van der Waals surface area contributed by atoms with E-state index in [9.17, 15) is 14.7 Å². The third kappa shape index (κ3) is 4.21. The zero-order valence-corrected chi connectivity index (χ0v) is 13.0. The van der Waals surface area contributed by atoms with Crippen molar-refractivity contribution in [3.05, 3.63) is 24.3 Å². The van der Waals surface area contributed by atoms with Crippen LogP contribution < -0.4 is 10.1 Å². The number of carboxylic acid groups (broad SMARTS) is 1. The molecule has 116 valence electrons. The zero-order valence-electron chi connectivity index (χ0n) is 13.0. The van der Waals surface area contributed by atoms with Crippen molar-refractivity contribution < 1.29 is 19.4 Å². The number of aliphatic carboxylic acids is 1. The number of carboxylic acids is 1. The molecule has 5 heteroatoms. The Bertz CT molecular complexity index is 513. The Labute approximate surface area is 125 Å². The second kappa shape index (κ2) is 7.11. The summed E-state index contributed by atoms with van der Waals surface area (Å²) in [7, 11) is 0. The molecule has 0 aromatic heterocycles. The summed E-state index contributed by atoms with van der Waals surface area (Å²) in [6, 6.07) is 7.10. The number of ether oxygens (including phenoxy) is 1. The molecule has 0 radical (unpaired) electrons. The lowest BCUT2D eigenvalue weighted by Gasteiger charge is -2.28. The number of carbonyl (C=O) groups is 2. The summed E-state index contributed by atoms with van der Waals surface area (Å²) >= 11 is 0. The van der Waals surface area contributed by atoms with Crippen LogP contribution in [0.4, 0.5) is 5.69 Å². The van der Waals surface area contributed by atoms with E-state index < -0.39 is 11.4 Å². The first kappa shape index (κ1) is 17.0. The Balaban J connectivity index is 2.85. The summed E-state index contributed by atoms with van der Waals surface area (Å²) in [4.78, 5) is 23.6. The van der Waals surface area contributed by atoms with Gasteiger partial charge in [-0.25, -0.2) is 0 Å². The first-order valence-corrected chi connectivity index (χ1v) is 7.06. The van der Waals surface area contributed by atoms with Gasteiger partial charge in [-0.05, 0) is 31.9 Å². The van der Waals surface area contributed by atoms with Gasteiger partial charge in [0.15, 0.2) is 0 Å². The van der Waals surface area contributed by atoms with E-state index in [1.807, 2.05) is 13.0 Å². The second-order valence-electron chi connectivity index (χ2n) is 5.53. The SMILES string of the molecule is CCOc1ccccc1NC(=O)C[C@](C)(C(=O)O)C(C)C. The molecule has 1 amide bonds. The molecule has 1 rings (SSSR count). The number of rotatable bonds is 7. The van der Waals surface area contributed by atoms with Crippen molar-refractivity contribution in [2.24, 2.45) is 11.3 Å². The van der Waals surface area contributed by atoms with Gasteiger partial charge in [-0.3, -0.25) is 9.59 Å². The maximum Gasteiger partial charge on any atom is 0.310 e. The molecule has 0 aliphatic carbocycles. The van der Waals surface area contributed by atoms with Crippen LogP contribution in [0, 0.1) is 11.3 Å². The van der Waals surface area contributed by atoms with Crippen molar-refractivity contribution in [3.8, 4) is 5.75 Å². The van der Waals surface area contributed by atoms with Crippen LogP contribution in [-0.2, 0) is 9.59 Å². The van der Waals surface area contributed by atoms with Gasteiger partial charge in [0.05, 0.1) is 17.7 Å². The maximum atomic E-state index is 12.2. The Kier molecular flexibility index (Phi) is 5.76. The van der Waals surface area contributed by atoms with Crippen LogP contribution in [-0.4, -0.2) is 23.6 Å². The van der Waals surface area contributed by atoms with Gasteiger partial charge in [0.2, 0.25) is 5.91 Å². The lowest BCUT2D eigenvalue weighted by atomic mass is 9.76. The highest BCUT2D eigenvalue weighted by Gasteiger charge is 2.38. The number of anilines is 1. The molecule has 21 heavy (non-hydrogen) atoms. The number of carbonyl (C=O) groups excluding carboxylic acids is 1. The Morgan fingerprint density at radius 3 is 2.48 bits per heavy atom. The van der Waals surface area contributed by atoms with Crippen LogP contribution in [0.3, 0.4) is 0 Å². The zero-order chi connectivity index (χ0) is 16.0. The smallest absolute Gasteiger partial charge is 0.310 e. The van der Waals surface area contributed by atoms with Gasteiger partial charge in [0.25, 0.3) is 0 Å². The molecule has 0 aliphatic rings. The number of benzene rings is 1. The van der Waals surface area contributed by atoms with E-state index in [0.717, 1.165) is 0 Å². The van der Waals surface area contributed by atoms with Crippen LogP contribution >= 0.6 is 0 Å². The predicted molar refractivity (Wildman–Crippen MR) is 81.4 cm³/mol. The van der Waals surface area contributed by atoms with E-state index in [1.165, 1.54) is 0 Å². The summed E-state index contributed by atoms with van der Waals surface area (Å²) < 4.78 is 5.43. The van der Waals surface area contributed by atoms with E-state index in [0.29, 0.717) is 18.0 Å². The fourth-order valence-corrected chi connectivity index (χ4v) is 1.91. The number of hydrogen-bond donors (Lipinski definition) is 2. The fourth-order valence-electron chi connectivity index (χ4n) is 1.91. The largest absolute Gasteiger partial charge is 0.492 e. The quantitative estimate of drug-likeness (QED) is 0.809. The molecule has 1 aromatic rings. The van der Waals surface area contributed by atoms with Crippen molar-refractivity contribution in [1.29, 1.82) is 0 Å². The molecule has 1 aromatic carbocycles. The summed E-state index contributed by atoms with van der Waals surface area (Å²) in [5, 5.41) is 12.1. The van der Waals surface area contributed by atoms with Crippen molar-refractivity contribution in [2.45, 2.75) is 34.1 Å². The third-order valence-electron chi connectivity index (χ3n) is 3.75. The molecule has 0 unspecified atom stereocenters. The lowest BCUT2D eigenvalue weighted by Crippen LogP contribution is -2.37. The van der Waals surface area contributed by atoms with Gasteiger partial charge in [-0.1, -0.05) is 26.0 Å². The van der Waals surface area contributed by atoms with E-state index in [2.05, 4.69) is 5.32 Å². The minimum atomic E-state index is -1.09. The minimum absolute atomic E-state index is 0.0829. The highest BCUT2D eigenvalue weighted by atomic mass is 16.5. The molecule has 0 saturated carbocycles. The standard InChI is InChI=1S/C16H23NO4/c1-5-21-13-9-7-6-8-12(13)17-14(18)10-16(4,11(2)3)15(19)20/h6-9,11H,5,10H2,1-4H3,(H,17,18)(H,19,20)/t16-/m0/s1. The van der Waals surface area contributed by atoms with E-state index >= 15 is 0 Å². The molecule has 2 N–H and O–H groups in total. The Morgan fingerprint density at radius 2 is 1.95 bits per heavy atom. The summed E-state index contributed by atoms with van der Waals surface area (Å²) in [6.45, 7) is 7.55. The van der Waals surface area contributed by atoms with Crippen molar-refractivity contribution in [1.82, 2.24) is 0 Å². The number of nitrogens with one attached hydrogen (secondary N) is 1. The Morgan fingerprint density at radius 1 is 1.33 bits per heavy atom. The molecule has 0 saturated heterocycles. The molecule has 0 aliphatic heterocycles. The number of amides is 1. The van der Waals surface area contributed by atoms with Crippen LogP contribution in [0.5, 0.6) is 5.75 Å². The van der Waals surface area contributed by atoms with Crippen molar-refractivity contribution in [3.63, 3.8) is 0 Å².